The number of nitrogens with zero attached hydrogens (tertiary/aromatic N) is 3. The Bertz CT molecular complexity index is 1060. The highest BCUT2D eigenvalue weighted by atomic mass is 35.5. The Morgan fingerprint density at radius 1 is 1.07 bits per heavy atom. The SMILES string of the molecule is COc1ccc(Nc2ncnc(Oc3ccc(Cl)c(C)c3)c2[N+](=O)[O-])c(OC)c1. The molecule has 3 aromatic rings. The number of aromatic nitrogens is 2. The van der Waals surface area contributed by atoms with Gasteiger partial charge in [0.15, 0.2) is 0 Å². The number of anilines is 2. The summed E-state index contributed by atoms with van der Waals surface area (Å²) >= 11 is 6.01. The second-order valence-corrected chi connectivity index (χ2v) is 6.24. The molecule has 0 aliphatic rings. The normalized spacial score (nSPS) is 10.3. The molecule has 1 aromatic heterocycles. The maximum absolute atomic E-state index is 11.7. The van der Waals surface area contributed by atoms with Gasteiger partial charge in [0, 0.05) is 11.1 Å². The Balaban J connectivity index is 1.99. The standard InChI is InChI=1S/C19H17ClN4O5/c1-11-8-13(4-6-14(11)20)29-19-17(24(25)26)18(21-10-22-19)23-15-7-5-12(27-2)9-16(15)28-3/h4-10H,1-3H3,(H,21,22,23). The van der Waals surface area contributed by atoms with E-state index in [0.717, 1.165) is 5.56 Å². The molecule has 0 fully saturated rings. The molecule has 1 N–H and O–H groups in total. The van der Waals surface area contributed by atoms with Crippen molar-refractivity contribution in [2.24, 2.45) is 0 Å². The lowest BCUT2D eigenvalue weighted by molar-refractivity contribution is -0.385. The summed E-state index contributed by atoms with van der Waals surface area (Å²) in [5.41, 5.74) is 0.809. The van der Waals surface area contributed by atoms with E-state index in [1.165, 1.54) is 20.5 Å². The van der Waals surface area contributed by atoms with Gasteiger partial charge in [0.25, 0.3) is 0 Å². The summed E-state index contributed by atoms with van der Waals surface area (Å²) in [6.07, 6.45) is 1.17. The number of aryl methyl sites for hydroxylation is 1. The molecule has 0 radical (unpaired) electrons. The van der Waals surface area contributed by atoms with Gasteiger partial charge in [-0.2, -0.15) is 4.98 Å². The number of halogens is 1. The average Bonchev–Trinajstić information content (AvgIpc) is 2.71. The van der Waals surface area contributed by atoms with Crippen LogP contribution in [0.2, 0.25) is 5.02 Å². The topological polar surface area (TPSA) is 109 Å². The third-order valence-electron chi connectivity index (χ3n) is 3.98. The molecule has 29 heavy (non-hydrogen) atoms. The highest BCUT2D eigenvalue weighted by molar-refractivity contribution is 6.31. The molecule has 0 aliphatic carbocycles. The molecular formula is C19H17ClN4O5. The first-order valence-corrected chi connectivity index (χ1v) is 8.73. The second-order valence-electron chi connectivity index (χ2n) is 5.84. The van der Waals surface area contributed by atoms with Gasteiger partial charge >= 0.3 is 11.6 Å². The smallest absolute Gasteiger partial charge is 0.373 e. The highest BCUT2D eigenvalue weighted by Crippen LogP contribution is 2.38. The van der Waals surface area contributed by atoms with Crippen molar-refractivity contribution in [2.75, 3.05) is 19.5 Å². The maximum atomic E-state index is 11.7. The second kappa shape index (κ2) is 8.61. The summed E-state index contributed by atoms with van der Waals surface area (Å²) in [5.74, 6) is 1.11. The summed E-state index contributed by atoms with van der Waals surface area (Å²) in [7, 11) is 3.00. The minimum absolute atomic E-state index is 0.0471. The minimum atomic E-state index is -0.615. The fourth-order valence-corrected chi connectivity index (χ4v) is 2.63. The summed E-state index contributed by atoms with van der Waals surface area (Å²) < 4.78 is 16.1. The number of benzene rings is 2. The Morgan fingerprint density at radius 2 is 1.83 bits per heavy atom. The summed E-state index contributed by atoms with van der Waals surface area (Å²) in [6.45, 7) is 1.80. The van der Waals surface area contributed by atoms with Crippen LogP contribution in [0.15, 0.2) is 42.7 Å². The van der Waals surface area contributed by atoms with Gasteiger partial charge in [0.2, 0.25) is 5.82 Å². The van der Waals surface area contributed by atoms with Crippen LogP contribution in [-0.2, 0) is 0 Å². The molecule has 0 saturated carbocycles. The van der Waals surface area contributed by atoms with Crippen LogP contribution in [-0.4, -0.2) is 29.1 Å². The summed E-state index contributed by atoms with van der Waals surface area (Å²) in [6, 6.07) is 9.89. The van der Waals surface area contributed by atoms with Gasteiger partial charge in [-0.05, 0) is 42.8 Å². The Hall–Kier alpha value is -3.59. The van der Waals surface area contributed by atoms with Crippen LogP contribution in [0.1, 0.15) is 5.56 Å². The quantitative estimate of drug-likeness (QED) is 0.428. The molecule has 1 heterocycles. The lowest BCUT2D eigenvalue weighted by Crippen LogP contribution is -2.04. The molecule has 0 aliphatic heterocycles. The van der Waals surface area contributed by atoms with E-state index in [4.69, 9.17) is 25.8 Å². The Kier molecular flexibility index (Phi) is 5.99. The molecule has 0 spiro atoms. The molecule has 0 saturated heterocycles. The van der Waals surface area contributed by atoms with Crippen molar-refractivity contribution in [1.82, 2.24) is 9.97 Å². The largest absolute Gasteiger partial charge is 0.497 e. The van der Waals surface area contributed by atoms with E-state index in [0.29, 0.717) is 28.0 Å². The van der Waals surface area contributed by atoms with Crippen LogP contribution >= 0.6 is 11.6 Å². The Labute approximate surface area is 171 Å². The summed E-state index contributed by atoms with van der Waals surface area (Å²) in [5, 5.41) is 15.2. The number of ether oxygens (including phenoxy) is 3. The molecule has 10 heteroatoms. The van der Waals surface area contributed by atoms with Crippen molar-refractivity contribution < 1.29 is 19.1 Å². The van der Waals surface area contributed by atoms with Crippen molar-refractivity contribution in [3.63, 3.8) is 0 Å². The minimum Gasteiger partial charge on any atom is -0.497 e. The molecule has 9 nitrogen and oxygen atoms in total. The predicted octanol–water partition coefficient (Wildman–Crippen LogP) is 4.90. The number of nitro groups is 1. The molecule has 0 bridgehead atoms. The molecule has 0 unspecified atom stereocenters. The fourth-order valence-electron chi connectivity index (χ4n) is 2.51. The monoisotopic (exact) mass is 416 g/mol. The first kappa shape index (κ1) is 20.2. The van der Waals surface area contributed by atoms with Gasteiger partial charge in [-0.15, -0.1) is 0 Å². The number of nitrogens with one attached hydrogen (secondary N) is 1. The van der Waals surface area contributed by atoms with E-state index < -0.39 is 10.6 Å². The van der Waals surface area contributed by atoms with Crippen LogP contribution in [0.5, 0.6) is 23.1 Å². The van der Waals surface area contributed by atoms with E-state index >= 15 is 0 Å². The third-order valence-corrected chi connectivity index (χ3v) is 4.40. The van der Waals surface area contributed by atoms with Gasteiger partial charge in [-0.25, -0.2) is 4.98 Å². The highest BCUT2D eigenvalue weighted by Gasteiger charge is 2.26. The first-order chi connectivity index (χ1) is 13.9. The number of hydrogen-bond donors (Lipinski definition) is 1. The molecule has 2 aromatic carbocycles. The van der Waals surface area contributed by atoms with Crippen LogP contribution in [0.3, 0.4) is 0 Å². The van der Waals surface area contributed by atoms with Crippen molar-refractivity contribution in [2.45, 2.75) is 6.92 Å². The van der Waals surface area contributed by atoms with Gasteiger partial charge in [0.1, 0.15) is 23.6 Å². The van der Waals surface area contributed by atoms with Crippen molar-refractivity contribution >= 4 is 28.8 Å². The zero-order valence-electron chi connectivity index (χ0n) is 15.8. The van der Waals surface area contributed by atoms with Gasteiger partial charge in [-0.3, -0.25) is 10.1 Å². The van der Waals surface area contributed by atoms with Crippen molar-refractivity contribution in [1.29, 1.82) is 0 Å². The lowest BCUT2D eigenvalue weighted by atomic mass is 10.2. The molecule has 0 atom stereocenters. The van der Waals surface area contributed by atoms with E-state index in [2.05, 4.69) is 15.3 Å². The first-order valence-electron chi connectivity index (χ1n) is 8.35. The zero-order valence-corrected chi connectivity index (χ0v) is 16.6. The zero-order chi connectivity index (χ0) is 21.0. The predicted molar refractivity (Wildman–Crippen MR) is 108 cm³/mol. The molecule has 3 rings (SSSR count). The van der Waals surface area contributed by atoms with Crippen molar-refractivity contribution in [3.05, 3.63) is 63.4 Å². The van der Waals surface area contributed by atoms with Crippen LogP contribution < -0.4 is 19.5 Å². The van der Waals surface area contributed by atoms with E-state index in [9.17, 15) is 10.1 Å². The van der Waals surface area contributed by atoms with E-state index in [1.807, 2.05) is 0 Å². The van der Waals surface area contributed by atoms with Crippen LogP contribution in [0.4, 0.5) is 17.2 Å². The lowest BCUT2D eigenvalue weighted by Gasteiger charge is -2.13. The summed E-state index contributed by atoms with van der Waals surface area (Å²) in [4.78, 5) is 19.0. The van der Waals surface area contributed by atoms with E-state index in [1.54, 1.807) is 43.3 Å². The number of methoxy groups -OCH3 is 2. The molecule has 150 valence electrons. The number of hydrogen-bond acceptors (Lipinski definition) is 8. The van der Waals surface area contributed by atoms with Gasteiger partial charge < -0.3 is 19.5 Å². The third kappa shape index (κ3) is 4.46. The van der Waals surface area contributed by atoms with Crippen LogP contribution in [0, 0.1) is 17.0 Å². The van der Waals surface area contributed by atoms with Crippen molar-refractivity contribution in [3.8, 4) is 23.1 Å². The molecule has 0 amide bonds. The van der Waals surface area contributed by atoms with Crippen LogP contribution in [0.25, 0.3) is 0 Å². The molecular weight excluding hydrogens is 400 g/mol. The maximum Gasteiger partial charge on any atom is 0.373 e. The van der Waals surface area contributed by atoms with Gasteiger partial charge in [0.05, 0.1) is 24.8 Å². The Morgan fingerprint density at radius 3 is 2.48 bits per heavy atom. The average molecular weight is 417 g/mol. The number of rotatable bonds is 7. The van der Waals surface area contributed by atoms with Gasteiger partial charge in [-0.1, -0.05) is 11.6 Å². The fraction of sp³-hybridized carbons (Fsp3) is 0.158. The van der Waals surface area contributed by atoms with E-state index in [-0.39, 0.29) is 11.7 Å².